The molecule has 0 saturated heterocycles. The van der Waals surface area contributed by atoms with Crippen molar-refractivity contribution in [1.29, 1.82) is 0 Å². The van der Waals surface area contributed by atoms with E-state index >= 15 is 0 Å². The Balaban J connectivity index is 4.08. The molecule has 3 atom stereocenters. The zero-order valence-electron chi connectivity index (χ0n) is 36.6. The quantitative estimate of drug-likeness (QED) is 0.0238. The van der Waals surface area contributed by atoms with Crippen LogP contribution in [0, 0.1) is 0 Å². The molecule has 10 heteroatoms. The maximum absolute atomic E-state index is 12.6. The topological polar surface area (TPSA) is 132 Å². The minimum absolute atomic E-state index is 0.0415. The van der Waals surface area contributed by atoms with Crippen LogP contribution in [-0.4, -0.2) is 66.3 Å². The number of hydrogen-bond donors (Lipinski definition) is 3. The molecule has 0 rings (SSSR count). The van der Waals surface area contributed by atoms with Crippen molar-refractivity contribution in [3.63, 3.8) is 0 Å². The fourth-order valence-corrected chi connectivity index (χ4v) is 6.97. The number of rotatable bonds is 44. The van der Waals surface area contributed by atoms with Crippen molar-refractivity contribution in [1.82, 2.24) is 0 Å². The minimum Gasteiger partial charge on any atom is -0.457 e. The van der Waals surface area contributed by atoms with Gasteiger partial charge < -0.3 is 24.6 Å². The third-order valence-corrected chi connectivity index (χ3v) is 10.7. The van der Waals surface area contributed by atoms with E-state index in [1.807, 2.05) is 0 Å². The van der Waals surface area contributed by atoms with Crippen LogP contribution in [-0.2, 0) is 27.9 Å². The average Bonchev–Trinajstić information content (AvgIpc) is 3.20. The van der Waals surface area contributed by atoms with E-state index in [4.69, 9.17) is 23.6 Å². The molecular formula is C47H87O9P. The summed E-state index contributed by atoms with van der Waals surface area (Å²) >= 11 is 0. The van der Waals surface area contributed by atoms with E-state index in [1.165, 1.54) is 103 Å². The van der Waals surface area contributed by atoms with Gasteiger partial charge in [0.05, 0.1) is 26.4 Å². The number of esters is 1. The summed E-state index contributed by atoms with van der Waals surface area (Å²) in [5.41, 5.74) is 0. The molecular weight excluding hydrogens is 739 g/mol. The second-order valence-corrected chi connectivity index (χ2v) is 16.9. The summed E-state index contributed by atoms with van der Waals surface area (Å²) in [7, 11) is -4.52. The van der Waals surface area contributed by atoms with Crippen LogP contribution < -0.4 is 0 Å². The SMILES string of the molecule is CCCCC/C=C\CCCCCCCC(=O)OC(COCCCCCCCCCCC/C=C\C/C=C\C/C=C\CCCCCCC)COP(=O)(O)OCC(O)CO. The molecule has 0 fully saturated rings. The molecule has 0 aliphatic heterocycles. The van der Waals surface area contributed by atoms with Gasteiger partial charge in [-0.1, -0.05) is 165 Å². The number of hydrogen-bond acceptors (Lipinski definition) is 8. The largest absolute Gasteiger partial charge is 0.472 e. The summed E-state index contributed by atoms with van der Waals surface area (Å²) in [6.45, 7) is 3.46. The lowest BCUT2D eigenvalue weighted by Gasteiger charge is -2.20. The Kier molecular flexibility index (Phi) is 42.8. The molecule has 334 valence electrons. The summed E-state index contributed by atoms with van der Waals surface area (Å²) in [4.78, 5) is 22.6. The second-order valence-electron chi connectivity index (χ2n) is 15.4. The summed E-state index contributed by atoms with van der Waals surface area (Å²) in [5, 5.41) is 18.3. The molecule has 0 amide bonds. The van der Waals surface area contributed by atoms with Crippen molar-refractivity contribution in [2.24, 2.45) is 0 Å². The monoisotopic (exact) mass is 827 g/mol. The van der Waals surface area contributed by atoms with Gasteiger partial charge in [0.25, 0.3) is 0 Å². The lowest BCUT2D eigenvalue weighted by Crippen LogP contribution is -2.29. The number of aliphatic hydroxyl groups is 2. The first-order valence-electron chi connectivity index (χ1n) is 23.1. The van der Waals surface area contributed by atoms with Gasteiger partial charge >= 0.3 is 13.8 Å². The fourth-order valence-electron chi connectivity index (χ4n) is 6.18. The Hall–Kier alpha value is -1.58. The van der Waals surface area contributed by atoms with Gasteiger partial charge in [0.2, 0.25) is 0 Å². The first kappa shape index (κ1) is 55.4. The van der Waals surface area contributed by atoms with E-state index < -0.39 is 39.2 Å². The standard InChI is InChI=1S/C47H87O9P/c1-3-5-7-9-11-13-15-17-18-19-20-21-22-23-24-25-26-27-28-30-32-34-36-38-40-53-43-46(44-55-57(51,52)54-42-45(49)41-48)56-47(50)39-37-35-33-31-29-16-14-12-10-8-6-4-2/h12,14-15,17,19-20,22-23,45-46,48-49H,3-11,13,16,18,21,24-44H2,1-2H3,(H,51,52)/b14-12-,17-15-,20-19-,23-22-. The van der Waals surface area contributed by atoms with Gasteiger partial charge in [-0.15, -0.1) is 0 Å². The van der Waals surface area contributed by atoms with Crippen molar-refractivity contribution in [3.8, 4) is 0 Å². The number of carbonyl (C=O) groups excluding carboxylic acids is 1. The molecule has 3 unspecified atom stereocenters. The third-order valence-electron chi connectivity index (χ3n) is 9.74. The van der Waals surface area contributed by atoms with E-state index in [-0.39, 0.29) is 19.6 Å². The highest BCUT2D eigenvalue weighted by molar-refractivity contribution is 7.47. The normalized spacial score (nSPS) is 14.4. The Morgan fingerprint density at radius 2 is 0.947 bits per heavy atom. The summed E-state index contributed by atoms with van der Waals surface area (Å²) in [6, 6.07) is 0. The molecule has 0 aliphatic rings. The van der Waals surface area contributed by atoms with Gasteiger partial charge in [-0.05, 0) is 77.0 Å². The minimum atomic E-state index is -4.52. The van der Waals surface area contributed by atoms with E-state index in [0.717, 1.165) is 70.6 Å². The van der Waals surface area contributed by atoms with Crippen LogP contribution in [0.3, 0.4) is 0 Å². The molecule has 0 spiro atoms. The first-order chi connectivity index (χ1) is 27.8. The second kappa shape index (κ2) is 44.0. The lowest BCUT2D eigenvalue weighted by atomic mass is 10.1. The predicted octanol–water partition coefficient (Wildman–Crippen LogP) is 13.0. The number of allylic oxidation sites excluding steroid dienone is 8. The van der Waals surface area contributed by atoms with Crippen molar-refractivity contribution < 1.29 is 43.0 Å². The van der Waals surface area contributed by atoms with Gasteiger partial charge in [-0.3, -0.25) is 13.8 Å². The smallest absolute Gasteiger partial charge is 0.457 e. The Labute approximate surface area is 349 Å². The summed E-state index contributed by atoms with van der Waals surface area (Å²) < 4.78 is 33.4. The highest BCUT2D eigenvalue weighted by atomic mass is 31.2. The van der Waals surface area contributed by atoms with E-state index in [2.05, 4.69) is 62.5 Å². The van der Waals surface area contributed by atoms with Crippen LogP contribution in [0.15, 0.2) is 48.6 Å². The molecule has 0 aromatic rings. The summed E-state index contributed by atoms with van der Waals surface area (Å²) in [6.07, 6.45) is 49.3. The van der Waals surface area contributed by atoms with Crippen LogP contribution in [0.1, 0.15) is 200 Å². The van der Waals surface area contributed by atoms with Crippen molar-refractivity contribution in [2.75, 3.05) is 33.0 Å². The molecule has 9 nitrogen and oxygen atoms in total. The number of phosphoric acid groups is 1. The molecule has 0 radical (unpaired) electrons. The zero-order valence-corrected chi connectivity index (χ0v) is 37.4. The molecule has 0 aromatic heterocycles. The number of phosphoric ester groups is 1. The third kappa shape index (κ3) is 43.8. The number of ether oxygens (including phenoxy) is 2. The first-order valence-corrected chi connectivity index (χ1v) is 24.6. The average molecular weight is 827 g/mol. The predicted molar refractivity (Wildman–Crippen MR) is 237 cm³/mol. The molecule has 0 aromatic carbocycles. The van der Waals surface area contributed by atoms with E-state index in [9.17, 15) is 19.4 Å². The van der Waals surface area contributed by atoms with Crippen molar-refractivity contribution >= 4 is 13.8 Å². The van der Waals surface area contributed by atoms with Gasteiger partial charge in [0, 0.05) is 13.0 Å². The van der Waals surface area contributed by atoms with Crippen molar-refractivity contribution in [2.45, 2.75) is 212 Å². The van der Waals surface area contributed by atoms with Crippen LogP contribution in [0.25, 0.3) is 0 Å². The van der Waals surface area contributed by atoms with Crippen LogP contribution >= 0.6 is 7.82 Å². The lowest BCUT2D eigenvalue weighted by molar-refractivity contribution is -0.154. The zero-order chi connectivity index (χ0) is 41.8. The number of unbranched alkanes of at least 4 members (excludes halogenated alkanes) is 22. The van der Waals surface area contributed by atoms with Crippen LogP contribution in [0.2, 0.25) is 0 Å². The van der Waals surface area contributed by atoms with Gasteiger partial charge in [-0.2, -0.15) is 0 Å². The molecule has 3 N–H and O–H groups in total. The Bertz CT molecular complexity index is 1030. The number of carbonyl (C=O) groups is 1. The van der Waals surface area contributed by atoms with E-state index in [0.29, 0.717) is 13.0 Å². The van der Waals surface area contributed by atoms with Gasteiger partial charge in [0.15, 0.2) is 0 Å². The van der Waals surface area contributed by atoms with Crippen LogP contribution in [0.4, 0.5) is 0 Å². The van der Waals surface area contributed by atoms with Gasteiger partial charge in [0.1, 0.15) is 12.2 Å². The number of aliphatic hydroxyl groups excluding tert-OH is 2. The van der Waals surface area contributed by atoms with E-state index in [1.54, 1.807) is 0 Å². The maximum atomic E-state index is 12.6. The highest BCUT2D eigenvalue weighted by Gasteiger charge is 2.26. The highest BCUT2D eigenvalue weighted by Crippen LogP contribution is 2.43. The van der Waals surface area contributed by atoms with Crippen LogP contribution in [0.5, 0.6) is 0 Å². The van der Waals surface area contributed by atoms with Gasteiger partial charge in [-0.25, -0.2) is 4.57 Å². The molecule has 0 saturated carbocycles. The fraction of sp³-hybridized carbons (Fsp3) is 0.809. The summed E-state index contributed by atoms with van der Waals surface area (Å²) in [5.74, 6) is -0.395. The van der Waals surface area contributed by atoms with Crippen molar-refractivity contribution in [3.05, 3.63) is 48.6 Å². The molecule has 57 heavy (non-hydrogen) atoms. The molecule has 0 aliphatic carbocycles. The molecule has 0 bridgehead atoms. The Morgan fingerprint density at radius 1 is 0.544 bits per heavy atom. The molecule has 0 heterocycles. The maximum Gasteiger partial charge on any atom is 0.472 e. The Morgan fingerprint density at radius 3 is 1.47 bits per heavy atom.